The fourth-order valence-corrected chi connectivity index (χ4v) is 2.32. The van der Waals surface area contributed by atoms with Crippen molar-refractivity contribution < 1.29 is 13.2 Å². The number of nitrogens with zero attached hydrogens (tertiary/aromatic N) is 1. The van der Waals surface area contributed by atoms with E-state index in [0.29, 0.717) is 6.54 Å². The van der Waals surface area contributed by atoms with Gasteiger partial charge >= 0.3 is 6.18 Å². The van der Waals surface area contributed by atoms with Crippen molar-refractivity contribution in [2.24, 2.45) is 5.92 Å². The Morgan fingerprint density at radius 3 is 2.36 bits per heavy atom. The summed E-state index contributed by atoms with van der Waals surface area (Å²) in [6.45, 7) is 0.703. The van der Waals surface area contributed by atoms with Gasteiger partial charge in [0.2, 0.25) is 0 Å². The third-order valence-electron chi connectivity index (χ3n) is 3.72. The Morgan fingerprint density at radius 2 is 1.86 bits per heavy atom. The fourth-order valence-electron chi connectivity index (χ4n) is 2.32. The highest BCUT2D eigenvalue weighted by Crippen LogP contribution is 2.33. The molecule has 0 heterocycles. The van der Waals surface area contributed by atoms with Gasteiger partial charge in [0, 0.05) is 32.0 Å². The number of benzene rings is 1. The maximum Gasteiger partial charge on any atom is 0.395 e. The summed E-state index contributed by atoms with van der Waals surface area (Å²) in [4.78, 5) is 2.03. The van der Waals surface area contributed by atoms with Crippen molar-refractivity contribution in [3.05, 3.63) is 48.1 Å². The van der Waals surface area contributed by atoms with Crippen LogP contribution in [0.25, 0.3) is 0 Å². The molecule has 2 rings (SSSR count). The van der Waals surface area contributed by atoms with Crippen molar-refractivity contribution in [2.45, 2.75) is 19.0 Å². The van der Waals surface area contributed by atoms with Gasteiger partial charge < -0.3 is 10.2 Å². The summed E-state index contributed by atoms with van der Waals surface area (Å²) in [5, 5.41) is 3.28. The molecule has 1 atom stereocenters. The summed E-state index contributed by atoms with van der Waals surface area (Å²) in [5.74, 6) is -1.33. The van der Waals surface area contributed by atoms with Crippen LogP contribution in [0.15, 0.2) is 48.1 Å². The molecule has 2 nitrogen and oxygen atoms in total. The first-order valence-electron chi connectivity index (χ1n) is 7.31. The molecule has 120 valence electrons. The number of halogens is 3. The van der Waals surface area contributed by atoms with Gasteiger partial charge in [-0.25, -0.2) is 0 Å². The Balaban J connectivity index is 1.78. The van der Waals surface area contributed by atoms with Crippen molar-refractivity contribution in [3.63, 3.8) is 0 Å². The Bertz CT molecular complexity index is 542. The molecule has 0 aromatic heterocycles. The van der Waals surface area contributed by atoms with Crippen LogP contribution in [-0.4, -0.2) is 26.8 Å². The second-order valence-corrected chi connectivity index (χ2v) is 5.64. The van der Waals surface area contributed by atoms with Crippen molar-refractivity contribution in [2.75, 3.05) is 30.9 Å². The average Bonchev–Trinajstić information content (AvgIpc) is 2.47. The van der Waals surface area contributed by atoms with Crippen LogP contribution in [-0.2, 0) is 0 Å². The molecule has 0 bridgehead atoms. The van der Waals surface area contributed by atoms with Crippen molar-refractivity contribution in [1.82, 2.24) is 0 Å². The normalized spacial score (nSPS) is 18.0. The smallest absolute Gasteiger partial charge is 0.385 e. The van der Waals surface area contributed by atoms with Crippen LogP contribution < -0.4 is 10.2 Å². The number of alkyl halides is 3. The molecule has 1 aromatic rings. The largest absolute Gasteiger partial charge is 0.395 e. The van der Waals surface area contributed by atoms with Crippen LogP contribution >= 0.6 is 0 Å². The quantitative estimate of drug-likeness (QED) is 0.853. The molecule has 22 heavy (non-hydrogen) atoms. The molecular weight excluding hydrogens is 289 g/mol. The standard InChI is InChI=1S/C17H21F3N2/c1-22(2)16-9-7-15(8-10-16)21-12-11-13-3-5-14(6-4-13)17(18,19)20/h3-5,7-10,14,21H,6,11-12H2,1-2H3. The molecule has 1 aliphatic rings. The van der Waals surface area contributed by atoms with E-state index in [1.807, 2.05) is 43.3 Å². The van der Waals surface area contributed by atoms with E-state index in [9.17, 15) is 13.2 Å². The fraction of sp³-hybridized carbons (Fsp3) is 0.412. The van der Waals surface area contributed by atoms with E-state index in [2.05, 4.69) is 5.32 Å². The molecule has 0 spiro atoms. The van der Waals surface area contributed by atoms with Gasteiger partial charge in [0.25, 0.3) is 0 Å². The van der Waals surface area contributed by atoms with Crippen LogP contribution in [0.5, 0.6) is 0 Å². The first kappa shape index (κ1) is 16.5. The summed E-state index contributed by atoms with van der Waals surface area (Å²) in [6.07, 6.45) is 1.18. The van der Waals surface area contributed by atoms with E-state index in [1.54, 1.807) is 12.2 Å². The zero-order chi connectivity index (χ0) is 16.2. The molecule has 0 radical (unpaired) electrons. The predicted molar refractivity (Wildman–Crippen MR) is 85.3 cm³/mol. The summed E-state index contributed by atoms with van der Waals surface area (Å²) in [6, 6.07) is 8.05. The molecule has 0 aliphatic heterocycles. The van der Waals surface area contributed by atoms with E-state index >= 15 is 0 Å². The van der Waals surface area contributed by atoms with E-state index in [0.717, 1.165) is 23.4 Å². The predicted octanol–water partition coefficient (Wildman–Crippen LogP) is 4.62. The van der Waals surface area contributed by atoms with Crippen LogP contribution in [0.1, 0.15) is 12.8 Å². The van der Waals surface area contributed by atoms with Gasteiger partial charge in [0.15, 0.2) is 0 Å². The van der Waals surface area contributed by atoms with Crippen molar-refractivity contribution in [3.8, 4) is 0 Å². The molecule has 1 N–H and O–H groups in total. The molecule has 0 saturated heterocycles. The zero-order valence-electron chi connectivity index (χ0n) is 12.8. The Kier molecular flexibility index (Phi) is 5.16. The maximum atomic E-state index is 12.5. The van der Waals surface area contributed by atoms with Gasteiger partial charge in [0.1, 0.15) is 0 Å². The van der Waals surface area contributed by atoms with E-state index in [-0.39, 0.29) is 6.42 Å². The van der Waals surface area contributed by atoms with Crippen LogP contribution in [0.4, 0.5) is 24.5 Å². The first-order chi connectivity index (χ1) is 10.4. The van der Waals surface area contributed by atoms with Crippen molar-refractivity contribution in [1.29, 1.82) is 0 Å². The maximum absolute atomic E-state index is 12.5. The lowest BCUT2D eigenvalue weighted by atomic mass is 9.95. The SMILES string of the molecule is CN(C)c1ccc(NCCC2=CCC(C(F)(F)F)C=C2)cc1. The van der Waals surface area contributed by atoms with E-state index in [4.69, 9.17) is 0 Å². The molecule has 1 aromatic carbocycles. The van der Waals surface area contributed by atoms with Gasteiger partial charge in [-0.2, -0.15) is 13.2 Å². The Morgan fingerprint density at radius 1 is 1.18 bits per heavy atom. The van der Waals surface area contributed by atoms with Crippen molar-refractivity contribution >= 4 is 11.4 Å². The molecular formula is C17H21F3N2. The molecule has 0 saturated carbocycles. The topological polar surface area (TPSA) is 15.3 Å². The number of anilines is 2. The van der Waals surface area contributed by atoms with Gasteiger partial charge in [-0.1, -0.05) is 23.8 Å². The summed E-state index contributed by atoms with van der Waals surface area (Å²) in [7, 11) is 3.97. The summed E-state index contributed by atoms with van der Waals surface area (Å²) < 4.78 is 37.6. The number of hydrogen-bond donors (Lipinski definition) is 1. The minimum Gasteiger partial charge on any atom is -0.385 e. The zero-order valence-corrected chi connectivity index (χ0v) is 12.8. The third-order valence-corrected chi connectivity index (χ3v) is 3.72. The van der Waals surface area contributed by atoms with E-state index in [1.165, 1.54) is 6.08 Å². The third kappa shape index (κ3) is 4.55. The molecule has 0 amide bonds. The monoisotopic (exact) mass is 310 g/mol. The number of nitrogens with one attached hydrogen (secondary N) is 1. The molecule has 1 aliphatic carbocycles. The Labute approximate surface area is 129 Å². The number of rotatable bonds is 5. The lowest BCUT2D eigenvalue weighted by Crippen LogP contribution is -2.21. The highest BCUT2D eigenvalue weighted by molar-refractivity contribution is 5.54. The van der Waals surface area contributed by atoms with Crippen LogP contribution in [0.2, 0.25) is 0 Å². The second kappa shape index (κ2) is 6.90. The van der Waals surface area contributed by atoms with Gasteiger partial charge in [0.05, 0.1) is 5.92 Å². The average molecular weight is 310 g/mol. The second-order valence-electron chi connectivity index (χ2n) is 5.64. The molecule has 0 fully saturated rings. The van der Waals surface area contributed by atoms with Crippen LogP contribution in [0, 0.1) is 5.92 Å². The lowest BCUT2D eigenvalue weighted by Gasteiger charge is -2.19. The van der Waals surface area contributed by atoms with Gasteiger partial charge in [-0.05, 0) is 37.1 Å². The Hall–Kier alpha value is -1.91. The summed E-state index contributed by atoms with van der Waals surface area (Å²) in [5.41, 5.74) is 3.10. The number of allylic oxidation sites excluding steroid dienone is 3. The summed E-state index contributed by atoms with van der Waals surface area (Å²) >= 11 is 0. The van der Waals surface area contributed by atoms with Gasteiger partial charge in [-0.15, -0.1) is 0 Å². The first-order valence-corrected chi connectivity index (χ1v) is 7.31. The number of hydrogen-bond acceptors (Lipinski definition) is 2. The minimum absolute atomic E-state index is 0.0485. The van der Waals surface area contributed by atoms with Crippen LogP contribution in [0.3, 0.4) is 0 Å². The van der Waals surface area contributed by atoms with Gasteiger partial charge in [-0.3, -0.25) is 0 Å². The lowest BCUT2D eigenvalue weighted by molar-refractivity contribution is -0.160. The molecule has 5 heteroatoms. The highest BCUT2D eigenvalue weighted by Gasteiger charge is 2.37. The van der Waals surface area contributed by atoms with E-state index < -0.39 is 12.1 Å². The highest BCUT2D eigenvalue weighted by atomic mass is 19.4. The molecule has 1 unspecified atom stereocenters. The minimum atomic E-state index is -4.13.